The number of benzene rings is 5. The molecule has 3 amide bonds. The number of amides is 3. The van der Waals surface area contributed by atoms with Crippen LogP contribution >= 0.6 is 0 Å². The van der Waals surface area contributed by atoms with E-state index in [0.29, 0.717) is 30.0 Å². The second-order valence-electron chi connectivity index (χ2n) is 15.9. The van der Waals surface area contributed by atoms with Gasteiger partial charge in [-0.3, -0.25) is 4.79 Å². The number of rotatable bonds is 15. The van der Waals surface area contributed by atoms with E-state index in [2.05, 4.69) is 49.5 Å². The van der Waals surface area contributed by atoms with E-state index in [-0.39, 0.29) is 35.8 Å². The molecule has 0 saturated carbocycles. The molecular weight excluding hydrogens is 745 g/mol. The maximum atomic E-state index is 13.4. The molecule has 0 aliphatic carbocycles. The summed E-state index contributed by atoms with van der Waals surface area (Å²) in [7, 11) is -2.46. The third-order valence-corrected chi connectivity index (χ3v) is 15.3. The summed E-state index contributed by atoms with van der Waals surface area (Å²) in [6.07, 6.45) is -1.33. The number of pyridine rings is 1. The monoisotopic (exact) mass is 796 g/mol. The Morgan fingerprint density at radius 3 is 2.03 bits per heavy atom. The van der Waals surface area contributed by atoms with Gasteiger partial charge in [-0.1, -0.05) is 130 Å². The molecule has 0 saturated heterocycles. The number of carboxylic acid groups (broad SMARTS) is 1. The standard InChI is InChI=1S/C47H52N4O6Si/c1-47(2,3)58(4,5)57-41(38-24-26-40(44-39(38)25-27-42(52)49-44)56-32-34-16-9-6-10-17-34)31-51(46(54)55)29-28-33-18-15-23-37(30-33)48-45(53)50-43(35-19-11-7-12-20-35)36-21-13-8-14-22-36/h6-27,30,41,43H,28-29,31-32H2,1-5H3,(H,49,52)(H,54,55)(H2,48,50,53)/t41-/m1/s1. The maximum absolute atomic E-state index is 13.4. The van der Waals surface area contributed by atoms with Crippen LogP contribution < -0.4 is 20.9 Å². The highest BCUT2D eigenvalue weighted by molar-refractivity contribution is 6.74. The summed E-state index contributed by atoms with van der Waals surface area (Å²) in [6.45, 7) is 11.3. The third-order valence-electron chi connectivity index (χ3n) is 10.8. The molecule has 0 radical (unpaired) electrons. The molecule has 10 nitrogen and oxygen atoms in total. The lowest BCUT2D eigenvalue weighted by molar-refractivity contribution is 0.102. The van der Waals surface area contributed by atoms with Gasteiger partial charge in [-0.25, -0.2) is 9.59 Å². The Kier molecular flexibility index (Phi) is 13.1. The van der Waals surface area contributed by atoms with Crippen LogP contribution in [0.15, 0.2) is 144 Å². The molecule has 6 rings (SSSR count). The molecule has 4 N–H and O–H groups in total. The van der Waals surface area contributed by atoms with Gasteiger partial charge in [0.2, 0.25) is 5.56 Å². The number of H-pyrrole nitrogens is 1. The summed E-state index contributed by atoms with van der Waals surface area (Å²) in [6, 6.07) is 43.0. The van der Waals surface area contributed by atoms with Gasteiger partial charge in [-0.15, -0.1) is 0 Å². The third kappa shape index (κ3) is 10.6. The quantitative estimate of drug-likeness (QED) is 0.0765. The van der Waals surface area contributed by atoms with Crippen LogP contribution in [-0.2, 0) is 17.5 Å². The van der Waals surface area contributed by atoms with Gasteiger partial charge in [-0.05, 0) is 76.6 Å². The van der Waals surface area contributed by atoms with Gasteiger partial charge in [-0.2, -0.15) is 0 Å². The van der Waals surface area contributed by atoms with E-state index in [0.717, 1.165) is 33.2 Å². The number of fused-ring (bicyclic) bond motifs is 1. The maximum Gasteiger partial charge on any atom is 0.407 e. The fourth-order valence-electron chi connectivity index (χ4n) is 6.60. The van der Waals surface area contributed by atoms with Gasteiger partial charge in [0, 0.05) is 23.7 Å². The first-order valence-corrected chi connectivity index (χ1v) is 22.4. The summed E-state index contributed by atoms with van der Waals surface area (Å²) in [5.74, 6) is 0.513. The van der Waals surface area contributed by atoms with Crippen LogP contribution in [0.3, 0.4) is 0 Å². The van der Waals surface area contributed by atoms with Crippen molar-refractivity contribution in [1.82, 2.24) is 15.2 Å². The first kappa shape index (κ1) is 41.5. The van der Waals surface area contributed by atoms with E-state index in [1.54, 1.807) is 6.07 Å². The Bertz CT molecular complexity index is 2330. The summed E-state index contributed by atoms with van der Waals surface area (Å²) < 4.78 is 13.2. The number of anilines is 1. The van der Waals surface area contributed by atoms with Gasteiger partial charge < -0.3 is 34.8 Å². The minimum Gasteiger partial charge on any atom is -0.487 e. The number of aromatic nitrogens is 1. The largest absolute Gasteiger partial charge is 0.487 e. The zero-order chi connectivity index (χ0) is 41.3. The number of aromatic amines is 1. The van der Waals surface area contributed by atoms with Crippen molar-refractivity contribution < 1.29 is 23.9 Å². The first-order chi connectivity index (χ1) is 27.8. The second-order valence-corrected chi connectivity index (χ2v) is 20.7. The zero-order valence-electron chi connectivity index (χ0n) is 33.7. The highest BCUT2D eigenvalue weighted by atomic mass is 28.4. The normalized spacial score (nSPS) is 12.2. The molecule has 1 atom stereocenters. The topological polar surface area (TPSA) is 133 Å². The summed E-state index contributed by atoms with van der Waals surface area (Å²) in [5.41, 5.74) is 5.35. The first-order valence-electron chi connectivity index (χ1n) is 19.5. The minimum absolute atomic E-state index is 0.0565. The summed E-state index contributed by atoms with van der Waals surface area (Å²) in [5, 5.41) is 17.2. The van der Waals surface area contributed by atoms with Crippen LogP contribution in [0, 0.1) is 0 Å². The van der Waals surface area contributed by atoms with E-state index in [1.165, 1.54) is 11.0 Å². The average Bonchev–Trinajstić information content (AvgIpc) is 3.20. The predicted octanol–water partition coefficient (Wildman–Crippen LogP) is 10.3. The van der Waals surface area contributed by atoms with Crippen molar-refractivity contribution in [2.75, 3.05) is 18.4 Å². The molecule has 58 heavy (non-hydrogen) atoms. The van der Waals surface area contributed by atoms with Gasteiger partial charge in [0.1, 0.15) is 12.4 Å². The number of carbonyl (C=O) groups excluding carboxylic acids is 1. The Morgan fingerprint density at radius 1 is 0.793 bits per heavy atom. The highest BCUT2D eigenvalue weighted by Crippen LogP contribution is 2.42. The van der Waals surface area contributed by atoms with Crippen molar-refractivity contribution in [2.45, 2.75) is 64.1 Å². The molecule has 1 aromatic heterocycles. The number of urea groups is 1. The Labute approximate surface area is 341 Å². The van der Waals surface area contributed by atoms with E-state index in [9.17, 15) is 19.5 Å². The molecular formula is C47H52N4O6Si. The molecule has 6 aromatic rings. The molecule has 0 fully saturated rings. The van der Waals surface area contributed by atoms with E-state index in [1.807, 2.05) is 127 Å². The van der Waals surface area contributed by atoms with Crippen LogP contribution in [0.1, 0.15) is 60.7 Å². The highest BCUT2D eigenvalue weighted by Gasteiger charge is 2.40. The Morgan fingerprint density at radius 2 is 1.41 bits per heavy atom. The number of hydrogen-bond donors (Lipinski definition) is 4. The van der Waals surface area contributed by atoms with Crippen LogP contribution in [0.4, 0.5) is 15.3 Å². The number of nitrogens with one attached hydrogen (secondary N) is 3. The van der Waals surface area contributed by atoms with Gasteiger partial charge in [0.05, 0.1) is 24.2 Å². The van der Waals surface area contributed by atoms with E-state index >= 15 is 0 Å². The van der Waals surface area contributed by atoms with Gasteiger partial charge in [0.25, 0.3) is 0 Å². The number of nitrogens with zero attached hydrogens (tertiary/aromatic N) is 1. The molecule has 300 valence electrons. The fourth-order valence-corrected chi connectivity index (χ4v) is 7.86. The van der Waals surface area contributed by atoms with Gasteiger partial charge >= 0.3 is 12.1 Å². The number of hydrogen-bond acceptors (Lipinski definition) is 5. The summed E-state index contributed by atoms with van der Waals surface area (Å²) in [4.78, 5) is 43.3. The molecule has 0 spiro atoms. The smallest absolute Gasteiger partial charge is 0.407 e. The minimum atomic E-state index is -2.46. The molecule has 1 heterocycles. The average molecular weight is 797 g/mol. The second kappa shape index (κ2) is 18.4. The van der Waals surface area contributed by atoms with Crippen molar-refractivity contribution in [1.29, 1.82) is 0 Å². The molecule has 0 unspecified atom stereocenters. The number of carbonyl (C=O) groups is 2. The van der Waals surface area contributed by atoms with Crippen molar-refractivity contribution in [3.63, 3.8) is 0 Å². The van der Waals surface area contributed by atoms with Crippen molar-refractivity contribution in [3.8, 4) is 5.75 Å². The summed E-state index contributed by atoms with van der Waals surface area (Å²) >= 11 is 0. The van der Waals surface area contributed by atoms with E-state index < -0.39 is 20.5 Å². The lowest BCUT2D eigenvalue weighted by Crippen LogP contribution is -2.45. The number of ether oxygens (including phenoxy) is 1. The molecule has 5 aromatic carbocycles. The van der Waals surface area contributed by atoms with E-state index in [4.69, 9.17) is 9.16 Å². The van der Waals surface area contributed by atoms with Crippen molar-refractivity contribution >= 4 is 37.0 Å². The van der Waals surface area contributed by atoms with Crippen molar-refractivity contribution in [3.05, 3.63) is 178 Å². The van der Waals surface area contributed by atoms with Crippen LogP contribution in [-0.4, -0.2) is 48.5 Å². The van der Waals surface area contributed by atoms with Crippen LogP contribution in [0.2, 0.25) is 18.1 Å². The van der Waals surface area contributed by atoms with Gasteiger partial charge in [0.15, 0.2) is 8.32 Å². The Balaban J connectivity index is 1.21. The molecule has 0 aliphatic rings. The Hall–Kier alpha value is -6.17. The SMILES string of the molecule is CC(C)(C)[Si](C)(C)O[C@H](CN(CCc1cccc(NC(=O)NC(c2ccccc2)c2ccccc2)c1)C(=O)O)c1ccc(OCc2ccccc2)c2[nH]c(=O)ccc12. The lowest BCUT2D eigenvalue weighted by Gasteiger charge is -2.40. The molecule has 0 bridgehead atoms. The molecule has 0 aliphatic heterocycles. The van der Waals surface area contributed by atoms with Crippen molar-refractivity contribution in [2.24, 2.45) is 0 Å². The van der Waals surface area contributed by atoms with Crippen LogP contribution in [0.5, 0.6) is 5.75 Å². The van der Waals surface area contributed by atoms with Crippen LogP contribution in [0.25, 0.3) is 10.9 Å². The molecule has 11 heteroatoms. The fraction of sp³-hybridized carbons (Fsp3) is 0.255. The zero-order valence-corrected chi connectivity index (χ0v) is 34.7. The lowest BCUT2D eigenvalue weighted by atomic mass is 9.99. The predicted molar refractivity (Wildman–Crippen MR) is 233 cm³/mol.